The normalized spacial score (nSPS) is 19.9. The molecule has 1 amide bonds. The lowest BCUT2D eigenvalue weighted by Gasteiger charge is -2.32. The number of nitrogens with one attached hydrogen (secondary N) is 1. The molecule has 2 heterocycles. The van der Waals surface area contributed by atoms with Crippen LogP contribution in [0.25, 0.3) is 0 Å². The fourth-order valence-electron chi connectivity index (χ4n) is 1.95. The molecule has 1 fully saturated rings. The van der Waals surface area contributed by atoms with Gasteiger partial charge in [0.1, 0.15) is 11.5 Å². The zero-order chi connectivity index (χ0) is 15.1. The van der Waals surface area contributed by atoms with Crippen LogP contribution < -0.4 is 16.5 Å². The van der Waals surface area contributed by atoms with Crippen molar-refractivity contribution in [2.75, 3.05) is 12.8 Å². The van der Waals surface area contributed by atoms with E-state index in [-0.39, 0.29) is 17.4 Å². The fourth-order valence-corrected chi connectivity index (χ4v) is 1.95. The second kappa shape index (κ2) is 4.75. The molecule has 7 heteroatoms. The number of carbonyl (C=O) groups excluding carboxylic acids is 1. The molecule has 1 aromatic heterocycles. The predicted molar refractivity (Wildman–Crippen MR) is 77.8 cm³/mol. The number of aromatic nitrogens is 1. The summed E-state index contributed by atoms with van der Waals surface area (Å²) in [5.41, 5.74) is 5.51. The number of hydrogen-bond acceptors (Lipinski definition) is 5. The summed E-state index contributed by atoms with van der Waals surface area (Å²) in [6.07, 6.45) is 0. The Kier molecular flexibility index (Phi) is 3.52. The van der Waals surface area contributed by atoms with Crippen LogP contribution in [-0.2, 0) is 9.31 Å². The van der Waals surface area contributed by atoms with Gasteiger partial charge >= 0.3 is 7.12 Å². The Morgan fingerprint density at radius 3 is 2.30 bits per heavy atom. The highest BCUT2D eigenvalue weighted by Gasteiger charge is 2.52. The Hall–Kier alpha value is -1.60. The number of amides is 1. The molecule has 2 rings (SSSR count). The quantitative estimate of drug-likeness (QED) is 0.760. The van der Waals surface area contributed by atoms with E-state index in [1.807, 2.05) is 27.7 Å². The molecule has 0 aromatic carbocycles. The molecule has 0 bridgehead atoms. The van der Waals surface area contributed by atoms with Crippen molar-refractivity contribution in [2.45, 2.75) is 38.9 Å². The van der Waals surface area contributed by atoms with E-state index in [0.717, 1.165) is 0 Å². The van der Waals surface area contributed by atoms with Crippen molar-refractivity contribution in [1.29, 1.82) is 0 Å². The molecule has 0 spiro atoms. The summed E-state index contributed by atoms with van der Waals surface area (Å²) >= 11 is 0. The van der Waals surface area contributed by atoms with E-state index in [4.69, 9.17) is 15.0 Å². The number of nitrogens with zero attached hydrogens (tertiary/aromatic N) is 1. The highest BCUT2D eigenvalue weighted by atomic mass is 16.7. The van der Waals surface area contributed by atoms with Gasteiger partial charge in [-0.2, -0.15) is 0 Å². The minimum absolute atomic E-state index is 0.228. The van der Waals surface area contributed by atoms with Crippen LogP contribution >= 0.6 is 0 Å². The molecule has 0 atom stereocenters. The van der Waals surface area contributed by atoms with Crippen molar-refractivity contribution in [3.8, 4) is 0 Å². The summed E-state index contributed by atoms with van der Waals surface area (Å²) in [7, 11) is 0.904. The van der Waals surface area contributed by atoms with Gasteiger partial charge in [0.15, 0.2) is 0 Å². The van der Waals surface area contributed by atoms with Crippen LogP contribution in [0, 0.1) is 0 Å². The molecule has 1 saturated heterocycles. The summed E-state index contributed by atoms with van der Waals surface area (Å²) in [5.74, 6) is -0.0362. The highest BCUT2D eigenvalue weighted by Crippen LogP contribution is 2.36. The van der Waals surface area contributed by atoms with Crippen LogP contribution in [0.4, 0.5) is 5.82 Å². The summed E-state index contributed by atoms with van der Waals surface area (Å²) < 4.78 is 11.9. The van der Waals surface area contributed by atoms with E-state index in [0.29, 0.717) is 5.46 Å². The van der Waals surface area contributed by atoms with Crippen molar-refractivity contribution in [1.82, 2.24) is 10.3 Å². The molecule has 0 radical (unpaired) electrons. The van der Waals surface area contributed by atoms with Crippen molar-refractivity contribution >= 4 is 24.3 Å². The highest BCUT2D eigenvalue weighted by molar-refractivity contribution is 6.63. The second-order valence-corrected chi connectivity index (χ2v) is 5.84. The first-order valence-corrected chi connectivity index (χ1v) is 6.52. The van der Waals surface area contributed by atoms with E-state index in [1.165, 1.54) is 0 Å². The Morgan fingerprint density at radius 1 is 1.25 bits per heavy atom. The standard InChI is InChI=1S/C13H20BN3O3/c1-12(2)13(3,4)20-14(19-12)8-6-7-9(15)17-10(8)11(18)16-5/h6-7H,1-5H3,(H2,15,17)(H,16,18). The largest absolute Gasteiger partial charge is 0.497 e. The van der Waals surface area contributed by atoms with Crippen molar-refractivity contribution in [3.63, 3.8) is 0 Å². The van der Waals surface area contributed by atoms with E-state index in [1.54, 1.807) is 19.2 Å². The monoisotopic (exact) mass is 277 g/mol. The Balaban J connectivity index is 2.42. The average molecular weight is 277 g/mol. The van der Waals surface area contributed by atoms with Crippen LogP contribution in [0.3, 0.4) is 0 Å². The molecule has 1 aliphatic rings. The van der Waals surface area contributed by atoms with Crippen LogP contribution in [-0.4, -0.2) is 36.3 Å². The summed E-state index contributed by atoms with van der Waals surface area (Å²) in [6.45, 7) is 7.82. The fraction of sp³-hybridized carbons (Fsp3) is 0.538. The van der Waals surface area contributed by atoms with Gasteiger partial charge in [-0.05, 0) is 33.8 Å². The SMILES string of the molecule is CNC(=O)c1nc(N)ccc1B1OC(C)(C)C(C)(C)O1. The maximum atomic E-state index is 11.9. The lowest BCUT2D eigenvalue weighted by molar-refractivity contribution is 0.00578. The van der Waals surface area contributed by atoms with E-state index >= 15 is 0 Å². The number of carbonyl (C=O) groups is 1. The Labute approximate surface area is 119 Å². The zero-order valence-electron chi connectivity index (χ0n) is 12.5. The minimum Gasteiger partial charge on any atom is -0.399 e. The molecule has 1 aliphatic heterocycles. The number of nitrogens with two attached hydrogens (primary N) is 1. The van der Waals surface area contributed by atoms with Gasteiger partial charge in [0, 0.05) is 12.5 Å². The molecule has 0 saturated carbocycles. The third kappa shape index (κ3) is 2.38. The van der Waals surface area contributed by atoms with Crippen LogP contribution in [0.2, 0.25) is 0 Å². The van der Waals surface area contributed by atoms with E-state index < -0.39 is 18.3 Å². The summed E-state index contributed by atoms with van der Waals surface area (Å²) in [6, 6.07) is 3.35. The number of rotatable bonds is 2. The zero-order valence-corrected chi connectivity index (χ0v) is 12.5. The lowest BCUT2D eigenvalue weighted by Crippen LogP contribution is -2.41. The first-order chi connectivity index (χ1) is 9.18. The lowest BCUT2D eigenvalue weighted by atomic mass is 9.77. The first-order valence-electron chi connectivity index (χ1n) is 6.52. The van der Waals surface area contributed by atoms with Gasteiger partial charge in [-0.1, -0.05) is 6.07 Å². The van der Waals surface area contributed by atoms with Crippen molar-refractivity contribution in [2.24, 2.45) is 0 Å². The van der Waals surface area contributed by atoms with Crippen molar-refractivity contribution < 1.29 is 14.1 Å². The van der Waals surface area contributed by atoms with Gasteiger partial charge < -0.3 is 20.4 Å². The Bertz CT molecular complexity index is 530. The molecule has 108 valence electrons. The first kappa shape index (κ1) is 14.8. The second-order valence-electron chi connectivity index (χ2n) is 5.84. The third-order valence-electron chi connectivity index (χ3n) is 3.90. The van der Waals surface area contributed by atoms with Gasteiger partial charge in [-0.15, -0.1) is 0 Å². The molecule has 3 N–H and O–H groups in total. The maximum absolute atomic E-state index is 11.9. The van der Waals surface area contributed by atoms with E-state index in [9.17, 15) is 4.79 Å². The third-order valence-corrected chi connectivity index (χ3v) is 3.90. The average Bonchev–Trinajstić information content (AvgIpc) is 2.57. The van der Waals surface area contributed by atoms with Crippen LogP contribution in [0.1, 0.15) is 38.2 Å². The van der Waals surface area contributed by atoms with Gasteiger partial charge in [0.05, 0.1) is 11.2 Å². The number of anilines is 1. The van der Waals surface area contributed by atoms with Gasteiger partial charge in [0.25, 0.3) is 5.91 Å². The molecule has 6 nitrogen and oxygen atoms in total. The van der Waals surface area contributed by atoms with Gasteiger partial charge in [0.2, 0.25) is 0 Å². The molecular weight excluding hydrogens is 257 g/mol. The predicted octanol–water partition coefficient (Wildman–Crippen LogP) is 0.323. The van der Waals surface area contributed by atoms with E-state index in [2.05, 4.69) is 10.3 Å². The number of pyridine rings is 1. The maximum Gasteiger partial charge on any atom is 0.497 e. The summed E-state index contributed by atoms with van der Waals surface area (Å²) in [4.78, 5) is 16.0. The van der Waals surface area contributed by atoms with Gasteiger partial charge in [-0.3, -0.25) is 4.79 Å². The van der Waals surface area contributed by atoms with Crippen LogP contribution in [0.5, 0.6) is 0 Å². The Morgan fingerprint density at radius 2 is 1.80 bits per heavy atom. The molecule has 0 unspecified atom stereocenters. The van der Waals surface area contributed by atoms with Crippen LogP contribution in [0.15, 0.2) is 12.1 Å². The molecule has 20 heavy (non-hydrogen) atoms. The molecular formula is C13H20BN3O3. The van der Waals surface area contributed by atoms with Crippen molar-refractivity contribution in [3.05, 3.63) is 17.8 Å². The number of nitrogen functional groups attached to an aromatic ring is 1. The summed E-state index contributed by atoms with van der Waals surface area (Å²) in [5, 5.41) is 2.55. The van der Waals surface area contributed by atoms with Gasteiger partial charge in [-0.25, -0.2) is 4.98 Å². The molecule has 0 aliphatic carbocycles. The topological polar surface area (TPSA) is 86.5 Å². The molecule has 1 aromatic rings. The minimum atomic E-state index is -0.639. The number of hydrogen-bond donors (Lipinski definition) is 2. The smallest absolute Gasteiger partial charge is 0.399 e.